The van der Waals surface area contributed by atoms with Crippen molar-refractivity contribution in [3.8, 4) is 0 Å². The summed E-state index contributed by atoms with van der Waals surface area (Å²) >= 11 is 12.7. The van der Waals surface area contributed by atoms with Crippen molar-refractivity contribution < 1.29 is 57.5 Å². The summed E-state index contributed by atoms with van der Waals surface area (Å²) in [6, 6.07) is 11.7. The van der Waals surface area contributed by atoms with Gasteiger partial charge in [-0.1, -0.05) is 126 Å². The Morgan fingerprint density at radius 2 is 1.05 bits per heavy atom. The molecule has 5 rings (SSSR count). The monoisotopic (exact) mass is 1360 g/mol. The minimum Gasteiger partial charge on any atom is -0.342 e. The second-order valence-corrected chi connectivity index (χ2v) is 27.1. The first-order valence-corrected chi connectivity index (χ1v) is 33.3. The van der Waals surface area contributed by atoms with E-state index in [2.05, 4.69) is 21.3 Å². The predicted molar refractivity (Wildman–Crippen MR) is 362 cm³/mol. The Balaban J connectivity index is 1.63. The second kappa shape index (κ2) is 36.1. The predicted octanol–water partition coefficient (Wildman–Crippen LogP) is 3.83. The summed E-state index contributed by atoms with van der Waals surface area (Å²) in [6.07, 6.45) is 1.07. The molecule has 9 atom stereocenters. The van der Waals surface area contributed by atoms with Crippen LogP contribution in [-0.2, 0) is 76.8 Å². The third-order valence-electron chi connectivity index (χ3n) is 17.8. The standard InChI is InChI=1S/C69H98Cl2N12O12/c1-15-44(6)61-69(95)78(10)40-59(86)76(8)41-60(87)80(12)55(37-47-26-28-49(70)29-27-47)67(93)77(9)39-57(84)72-51(35-48-24-21-25-50(71)34-48)63(89)73-52(32-42(2)3)65(91)82(14)56(36-46-22-17-16-18-23-46)68(94)81(13)54(33-43(4)5)64(90)74-53(66(92)83-30-19-20-31-83)38-58(85)79(11)45(7)62(88)75-61/h16-18,21-29,34,42-45,51-56,61H,15,19-20,30-33,35-41H2,1-14H3,(H,72,84)(H,73,89)(H,74,90)(H,75,88)/t44-,45-,51-,52-,53-,54-,55-,56-,61-/m0/s1. The van der Waals surface area contributed by atoms with Crippen molar-refractivity contribution in [1.82, 2.24) is 60.5 Å². The average Bonchev–Trinajstić information content (AvgIpc) is 1.06. The van der Waals surface area contributed by atoms with Gasteiger partial charge in [-0.2, -0.15) is 0 Å². The van der Waals surface area contributed by atoms with E-state index in [4.69, 9.17) is 23.2 Å². The first kappa shape index (κ1) is 77.6. The Hall–Kier alpha value is -8.12. The maximum Gasteiger partial charge on any atom is 0.246 e. The van der Waals surface area contributed by atoms with Gasteiger partial charge >= 0.3 is 0 Å². The average molecular weight is 1360 g/mol. The summed E-state index contributed by atoms with van der Waals surface area (Å²) in [6.45, 7) is 11.4. The molecule has 0 bridgehead atoms. The highest BCUT2D eigenvalue weighted by Gasteiger charge is 2.42. The molecular weight excluding hydrogens is 1260 g/mol. The fourth-order valence-electron chi connectivity index (χ4n) is 11.5. The van der Waals surface area contributed by atoms with E-state index < -0.39 is 151 Å². The molecule has 520 valence electrons. The van der Waals surface area contributed by atoms with E-state index in [9.17, 15) is 43.2 Å². The molecule has 0 saturated carbocycles. The van der Waals surface area contributed by atoms with Gasteiger partial charge in [-0.25, -0.2) is 0 Å². The molecular formula is C69H98Cl2N12O12. The van der Waals surface area contributed by atoms with Crippen molar-refractivity contribution in [2.24, 2.45) is 17.8 Å². The van der Waals surface area contributed by atoms with Gasteiger partial charge in [0.2, 0.25) is 70.9 Å². The molecule has 0 unspecified atom stereocenters. The maximum atomic E-state index is 15.5. The lowest BCUT2D eigenvalue weighted by molar-refractivity contribution is -0.150. The van der Waals surface area contributed by atoms with Crippen LogP contribution in [0.25, 0.3) is 0 Å². The van der Waals surface area contributed by atoms with E-state index >= 15 is 14.4 Å². The Morgan fingerprint density at radius 1 is 0.495 bits per heavy atom. The number of nitrogens with zero attached hydrogens (tertiary/aromatic N) is 8. The molecule has 2 aliphatic rings. The van der Waals surface area contributed by atoms with Gasteiger partial charge < -0.3 is 60.5 Å². The number of rotatable bonds is 13. The fourth-order valence-corrected chi connectivity index (χ4v) is 11.8. The molecule has 2 aliphatic heterocycles. The van der Waals surface area contributed by atoms with Gasteiger partial charge in [-0.05, 0) is 91.3 Å². The number of carbonyl (C=O) groups is 12. The summed E-state index contributed by atoms with van der Waals surface area (Å²) in [5, 5.41) is 12.0. The van der Waals surface area contributed by atoms with Crippen molar-refractivity contribution in [2.75, 3.05) is 82.1 Å². The van der Waals surface area contributed by atoms with Gasteiger partial charge in [0.25, 0.3) is 0 Å². The minimum absolute atomic E-state index is 0.0445. The molecule has 0 radical (unpaired) electrons. The van der Waals surface area contributed by atoms with E-state index in [1.807, 2.05) is 34.6 Å². The fraction of sp³-hybridized carbons (Fsp3) is 0.565. The normalized spacial score (nSPS) is 23.9. The summed E-state index contributed by atoms with van der Waals surface area (Å²) in [5.74, 6) is -9.28. The Bertz CT molecular complexity index is 3200. The SMILES string of the molecule is CC[C@H](C)[C@@H]1NC(=O)[C@H](C)N(C)C(=O)C[C@@H](C(=O)N2CCCC2)NC(=O)[C@H](CC(C)C)N(C)C(=O)[C@H](Cc2ccccc2)N(C)C(=O)[C@H](CC(C)C)NC(=O)[C@H](Cc2cccc(Cl)c2)NC(=O)CN(C)C(=O)[C@H](Cc2ccc(Cl)cc2)N(C)C(=O)CN(C)C(=O)CN(C)C1=O. The lowest BCUT2D eigenvalue weighted by Gasteiger charge is -2.37. The topological polar surface area (TPSA) is 279 Å². The second-order valence-electron chi connectivity index (χ2n) is 26.2. The lowest BCUT2D eigenvalue weighted by atomic mass is 9.97. The molecule has 0 aliphatic carbocycles. The van der Waals surface area contributed by atoms with Crippen molar-refractivity contribution in [3.63, 3.8) is 0 Å². The van der Waals surface area contributed by atoms with Crippen LogP contribution in [0.5, 0.6) is 0 Å². The molecule has 24 nitrogen and oxygen atoms in total. The highest BCUT2D eigenvalue weighted by Crippen LogP contribution is 2.23. The number of benzene rings is 3. The molecule has 2 saturated heterocycles. The van der Waals surface area contributed by atoms with Crippen LogP contribution in [-0.4, -0.2) is 240 Å². The number of nitrogens with one attached hydrogen (secondary N) is 4. The molecule has 12 amide bonds. The number of likely N-dealkylation sites (N-methyl/N-ethyl adjacent to an activating group) is 7. The minimum atomic E-state index is -1.46. The lowest BCUT2D eigenvalue weighted by Crippen LogP contribution is -2.61. The van der Waals surface area contributed by atoms with Crippen LogP contribution in [0.4, 0.5) is 0 Å². The first-order chi connectivity index (χ1) is 44.7. The molecule has 2 heterocycles. The number of amides is 12. The van der Waals surface area contributed by atoms with Gasteiger partial charge in [0.05, 0.1) is 26.1 Å². The molecule has 3 aromatic carbocycles. The van der Waals surface area contributed by atoms with Crippen molar-refractivity contribution >= 4 is 94.1 Å². The molecule has 0 spiro atoms. The first-order valence-electron chi connectivity index (χ1n) is 32.5. The molecule has 26 heteroatoms. The van der Waals surface area contributed by atoms with Crippen LogP contribution < -0.4 is 21.3 Å². The van der Waals surface area contributed by atoms with Crippen LogP contribution in [0.15, 0.2) is 78.9 Å². The molecule has 4 N–H and O–H groups in total. The molecule has 3 aromatic rings. The number of hydrogen-bond acceptors (Lipinski definition) is 12. The summed E-state index contributed by atoms with van der Waals surface area (Å²) in [5.41, 5.74) is 1.79. The Kier molecular flexibility index (Phi) is 29.5. The van der Waals surface area contributed by atoms with Gasteiger partial charge in [-0.15, -0.1) is 0 Å². The molecule has 0 aromatic heterocycles. The van der Waals surface area contributed by atoms with E-state index in [0.717, 1.165) is 24.5 Å². The quantitative estimate of drug-likeness (QED) is 0.190. The zero-order chi connectivity index (χ0) is 70.7. The van der Waals surface area contributed by atoms with Gasteiger partial charge in [0.1, 0.15) is 48.3 Å². The molecule has 95 heavy (non-hydrogen) atoms. The summed E-state index contributed by atoms with van der Waals surface area (Å²) < 4.78 is 0. The van der Waals surface area contributed by atoms with Gasteiger partial charge in [-0.3, -0.25) is 57.5 Å². The number of hydrogen-bond donors (Lipinski definition) is 4. The van der Waals surface area contributed by atoms with Crippen molar-refractivity contribution in [3.05, 3.63) is 106 Å². The van der Waals surface area contributed by atoms with Crippen LogP contribution >= 0.6 is 23.2 Å². The van der Waals surface area contributed by atoms with Crippen LogP contribution in [0.2, 0.25) is 10.0 Å². The number of likely N-dealkylation sites (tertiary alicyclic amines) is 1. The van der Waals surface area contributed by atoms with Crippen LogP contribution in [0.3, 0.4) is 0 Å². The zero-order valence-electron chi connectivity index (χ0n) is 57.5. The van der Waals surface area contributed by atoms with Crippen molar-refractivity contribution in [2.45, 2.75) is 155 Å². The zero-order valence-corrected chi connectivity index (χ0v) is 59.0. The smallest absolute Gasteiger partial charge is 0.246 e. The van der Waals surface area contributed by atoms with Crippen LogP contribution in [0.1, 0.15) is 104 Å². The third kappa shape index (κ3) is 22.2. The Morgan fingerprint density at radius 3 is 1.64 bits per heavy atom. The van der Waals surface area contributed by atoms with E-state index in [1.165, 1.54) is 66.1 Å². The highest BCUT2D eigenvalue weighted by molar-refractivity contribution is 6.30. The molecule has 2 fully saturated rings. The van der Waals surface area contributed by atoms with Gasteiger partial charge in [0.15, 0.2) is 0 Å². The number of halogens is 2. The van der Waals surface area contributed by atoms with Crippen molar-refractivity contribution in [1.29, 1.82) is 0 Å². The van der Waals surface area contributed by atoms with Crippen LogP contribution in [0, 0.1) is 17.8 Å². The number of carbonyl (C=O) groups excluding carboxylic acids is 12. The Labute approximate surface area is 569 Å². The van der Waals surface area contributed by atoms with Gasteiger partial charge in [0, 0.05) is 91.7 Å². The maximum absolute atomic E-state index is 15.5. The third-order valence-corrected chi connectivity index (χ3v) is 18.3. The summed E-state index contributed by atoms with van der Waals surface area (Å²) in [7, 11) is 9.69. The van der Waals surface area contributed by atoms with E-state index in [1.54, 1.807) is 90.7 Å². The summed E-state index contributed by atoms with van der Waals surface area (Å²) in [4.78, 5) is 185. The largest absolute Gasteiger partial charge is 0.342 e. The van der Waals surface area contributed by atoms with E-state index in [0.29, 0.717) is 59.1 Å². The highest BCUT2D eigenvalue weighted by atomic mass is 35.5. The van der Waals surface area contributed by atoms with E-state index in [-0.39, 0.29) is 43.9 Å².